The molecule has 2 nitrogen and oxygen atoms in total. The SMILES string of the molecule is COc1cccc2c1N[C@H](c1cccc3ccccc13)[C@@H]1CC=C[C@H]21. The minimum Gasteiger partial charge on any atom is -0.495 e. The van der Waals surface area contributed by atoms with Gasteiger partial charge in [0.15, 0.2) is 0 Å². The number of para-hydroxylation sites is 1. The van der Waals surface area contributed by atoms with Crippen molar-refractivity contribution in [2.75, 3.05) is 12.4 Å². The van der Waals surface area contributed by atoms with Gasteiger partial charge >= 0.3 is 0 Å². The van der Waals surface area contributed by atoms with Crippen molar-refractivity contribution in [3.8, 4) is 5.75 Å². The number of benzene rings is 3. The van der Waals surface area contributed by atoms with Crippen LogP contribution in [0, 0.1) is 5.92 Å². The van der Waals surface area contributed by atoms with E-state index in [4.69, 9.17) is 4.74 Å². The molecule has 3 aromatic rings. The summed E-state index contributed by atoms with van der Waals surface area (Å²) < 4.78 is 5.65. The first kappa shape index (κ1) is 14.6. The van der Waals surface area contributed by atoms with Crippen molar-refractivity contribution in [1.82, 2.24) is 0 Å². The molecule has 0 unspecified atom stereocenters. The molecule has 0 amide bonds. The number of hydrogen-bond acceptors (Lipinski definition) is 2. The number of hydrogen-bond donors (Lipinski definition) is 1. The molecule has 1 aliphatic heterocycles. The highest BCUT2D eigenvalue weighted by atomic mass is 16.5. The number of fused-ring (bicyclic) bond motifs is 4. The van der Waals surface area contributed by atoms with Gasteiger partial charge < -0.3 is 10.1 Å². The Morgan fingerprint density at radius 1 is 0.920 bits per heavy atom. The van der Waals surface area contributed by atoms with Gasteiger partial charge in [0, 0.05) is 5.92 Å². The molecule has 5 rings (SSSR count). The molecule has 0 aromatic heterocycles. The molecule has 3 aromatic carbocycles. The maximum atomic E-state index is 5.65. The fourth-order valence-corrected chi connectivity index (χ4v) is 4.59. The largest absolute Gasteiger partial charge is 0.495 e. The van der Waals surface area contributed by atoms with E-state index in [-0.39, 0.29) is 6.04 Å². The van der Waals surface area contributed by atoms with Gasteiger partial charge in [0.05, 0.1) is 18.8 Å². The lowest BCUT2D eigenvalue weighted by atomic mass is 9.76. The molecular weight excluding hydrogens is 306 g/mol. The van der Waals surface area contributed by atoms with Crippen molar-refractivity contribution in [2.45, 2.75) is 18.4 Å². The van der Waals surface area contributed by atoms with Gasteiger partial charge in [0.1, 0.15) is 5.75 Å². The molecular formula is C23H21NO. The zero-order valence-electron chi connectivity index (χ0n) is 14.3. The summed E-state index contributed by atoms with van der Waals surface area (Å²) in [5.41, 5.74) is 3.89. The molecule has 2 heteroatoms. The Labute approximate surface area is 148 Å². The van der Waals surface area contributed by atoms with Crippen LogP contribution in [0.1, 0.15) is 29.5 Å². The monoisotopic (exact) mass is 327 g/mol. The Hall–Kier alpha value is -2.74. The predicted octanol–water partition coefficient (Wildman–Crippen LogP) is 5.67. The van der Waals surface area contributed by atoms with Gasteiger partial charge in [-0.1, -0.05) is 66.7 Å². The number of ether oxygens (including phenoxy) is 1. The third-order valence-electron chi connectivity index (χ3n) is 5.74. The summed E-state index contributed by atoms with van der Waals surface area (Å²) >= 11 is 0. The number of anilines is 1. The van der Waals surface area contributed by atoms with Crippen LogP contribution < -0.4 is 10.1 Å². The Morgan fingerprint density at radius 2 is 1.72 bits per heavy atom. The summed E-state index contributed by atoms with van der Waals surface area (Å²) in [6.07, 6.45) is 5.83. The molecule has 2 aliphatic rings. The van der Waals surface area contributed by atoms with Crippen molar-refractivity contribution >= 4 is 16.5 Å². The van der Waals surface area contributed by atoms with Crippen LogP contribution >= 0.6 is 0 Å². The van der Waals surface area contributed by atoms with Crippen LogP contribution in [-0.4, -0.2) is 7.11 Å². The van der Waals surface area contributed by atoms with Crippen LogP contribution in [0.15, 0.2) is 72.8 Å². The van der Waals surface area contributed by atoms with Gasteiger partial charge in [-0.2, -0.15) is 0 Å². The van der Waals surface area contributed by atoms with E-state index in [0.29, 0.717) is 11.8 Å². The van der Waals surface area contributed by atoms with E-state index < -0.39 is 0 Å². The second kappa shape index (κ2) is 5.66. The molecule has 1 heterocycles. The molecule has 1 N–H and O–H groups in total. The molecule has 124 valence electrons. The minimum absolute atomic E-state index is 0.287. The lowest BCUT2D eigenvalue weighted by Crippen LogP contribution is -2.29. The molecule has 25 heavy (non-hydrogen) atoms. The topological polar surface area (TPSA) is 21.3 Å². The van der Waals surface area contributed by atoms with Crippen LogP contribution in [0.2, 0.25) is 0 Å². The first-order chi connectivity index (χ1) is 12.4. The molecule has 0 saturated heterocycles. The lowest BCUT2D eigenvalue weighted by Gasteiger charge is -2.38. The third kappa shape index (κ3) is 2.17. The predicted molar refractivity (Wildman–Crippen MR) is 103 cm³/mol. The quantitative estimate of drug-likeness (QED) is 0.612. The van der Waals surface area contributed by atoms with Crippen LogP contribution in [0.25, 0.3) is 10.8 Å². The Morgan fingerprint density at radius 3 is 2.64 bits per heavy atom. The Bertz CT molecular complexity index is 969. The maximum absolute atomic E-state index is 5.65. The Kier molecular flexibility index (Phi) is 3.30. The smallest absolute Gasteiger partial charge is 0.142 e. The number of methoxy groups -OCH3 is 1. The van der Waals surface area contributed by atoms with Crippen LogP contribution in [0.5, 0.6) is 5.75 Å². The van der Waals surface area contributed by atoms with Gasteiger partial charge in [-0.3, -0.25) is 0 Å². The lowest BCUT2D eigenvalue weighted by molar-refractivity contribution is 0.398. The molecule has 0 fully saturated rings. The summed E-state index contributed by atoms with van der Waals surface area (Å²) in [5.74, 6) is 1.93. The highest BCUT2D eigenvalue weighted by Crippen LogP contribution is 2.52. The van der Waals surface area contributed by atoms with Gasteiger partial charge in [0.25, 0.3) is 0 Å². The summed E-state index contributed by atoms with van der Waals surface area (Å²) in [5, 5.41) is 6.47. The minimum atomic E-state index is 0.287. The standard InChI is InChI=1S/C23H21NO/c1-25-21-14-6-13-20-17-10-5-12-19(17)22(24-23(20)21)18-11-4-8-15-7-2-3-9-16(15)18/h2-11,13-14,17,19,22,24H,12H2,1H3/t17-,19+,22+/m0/s1. The summed E-state index contributed by atoms with van der Waals surface area (Å²) in [6, 6.07) is 22.0. The zero-order valence-corrected chi connectivity index (χ0v) is 14.3. The van der Waals surface area contributed by atoms with Crippen molar-refractivity contribution in [1.29, 1.82) is 0 Å². The fourth-order valence-electron chi connectivity index (χ4n) is 4.59. The van der Waals surface area contributed by atoms with Crippen LogP contribution in [0.3, 0.4) is 0 Å². The summed E-state index contributed by atoms with van der Waals surface area (Å²) in [4.78, 5) is 0. The summed E-state index contributed by atoms with van der Waals surface area (Å²) in [6.45, 7) is 0. The Balaban J connectivity index is 1.70. The van der Waals surface area contributed by atoms with Crippen molar-refractivity contribution in [3.05, 3.63) is 83.9 Å². The average molecular weight is 327 g/mol. The summed E-state index contributed by atoms with van der Waals surface area (Å²) in [7, 11) is 1.75. The van der Waals surface area contributed by atoms with Crippen molar-refractivity contribution in [2.24, 2.45) is 5.92 Å². The fraction of sp³-hybridized carbons (Fsp3) is 0.217. The van der Waals surface area contributed by atoms with Gasteiger partial charge in [0.2, 0.25) is 0 Å². The molecule has 3 atom stereocenters. The van der Waals surface area contributed by atoms with E-state index in [1.807, 2.05) is 6.07 Å². The second-order valence-electron chi connectivity index (χ2n) is 6.97. The average Bonchev–Trinajstić information content (AvgIpc) is 3.16. The van der Waals surface area contributed by atoms with E-state index in [0.717, 1.165) is 17.9 Å². The molecule has 1 aliphatic carbocycles. The van der Waals surface area contributed by atoms with E-state index in [2.05, 4.69) is 72.1 Å². The maximum Gasteiger partial charge on any atom is 0.142 e. The van der Waals surface area contributed by atoms with E-state index in [1.54, 1.807) is 7.11 Å². The van der Waals surface area contributed by atoms with Gasteiger partial charge in [-0.15, -0.1) is 0 Å². The third-order valence-corrected chi connectivity index (χ3v) is 5.74. The first-order valence-corrected chi connectivity index (χ1v) is 8.94. The highest BCUT2D eigenvalue weighted by molar-refractivity contribution is 5.87. The van der Waals surface area contributed by atoms with E-state index >= 15 is 0 Å². The first-order valence-electron chi connectivity index (χ1n) is 8.94. The normalized spacial score (nSPS) is 23.8. The van der Waals surface area contributed by atoms with Crippen molar-refractivity contribution in [3.63, 3.8) is 0 Å². The van der Waals surface area contributed by atoms with Crippen molar-refractivity contribution < 1.29 is 4.74 Å². The molecule has 0 bridgehead atoms. The van der Waals surface area contributed by atoms with Gasteiger partial charge in [-0.25, -0.2) is 0 Å². The molecule has 0 radical (unpaired) electrons. The van der Waals surface area contributed by atoms with Gasteiger partial charge in [-0.05, 0) is 40.3 Å². The molecule has 0 spiro atoms. The van der Waals surface area contributed by atoms with E-state index in [1.165, 1.54) is 21.9 Å². The number of allylic oxidation sites excluding steroid dienone is 2. The van der Waals surface area contributed by atoms with Crippen LogP contribution in [-0.2, 0) is 0 Å². The van der Waals surface area contributed by atoms with Crippen LogP contribution in [0.4, 0.5) is 5.69 Å². The number of nitrogens with one attached hydrogen (secondary N) is 1. The zero-order chi connectivity index (χ0) is 16.8. The van der Waals surface area contributed by atoms with E-state index in [9.17, 15) is 0 Å². The highest BCUT2D eigenvalue weighted by Gasteiger charge is 2.39. The second-order valence-corrected chi connectivity index (χ2v) is 6.97. The number of rotatable bonds is 2. The molecule has 0 saturated carbocycles.